The van der Waals surface area contributed by atoms with Crippen LogP contribution in [-0.2, 0) is 33.6 Å². The molecule has 0 bridgehead atoms. The maximum atomic E-state index is 13.5. The number of rotatable bonds is 13. The van der Waals surface area contributed by atoms with Gasteiger partial charge < -0.3 is 31.6 Å². The largest absolute Gasteiger partial charge is 0.480 e. The Balaban J connectivity index is 1.51. The number of hydrogen-bond donors (Lipinski definition) is 7. The summed E-state index contributed by atoms with van der Waals surface area (Å²) in [4.78, 5) is 53.1. The maximum absolute atomic E-state index is 13.5. The number of thiol groups is 1. The number of aromatic nitrogens is 1. The Morgan fingerprint density at radius 2 is 1.38 bits per heavy atom. The average molecular weight is 589 g/mol. The highest BCUT2D eigenvalue weighted by Gasteiger charge is 2.31. The Kier molecular flexibility index (Phi) is 10.00. The number of carbonyl (C=O) groups is 4. The zero-order valence-corrected chi connectivity index (χ0v) is 23.5. The second-order valence-electron chi connectivity index (χ2n) is 10.0. The molecule has 0 aliphatic heterocycles. The summed E-state index contributed by atoms with van der Waals surface area (Å²) in [6.45, 7) is 0. The summed E-state index contributed by atoms with van der Waals surface area (Å²) < 4.78 is 0. The molecule has 1 heterocycles. The number of benzene rings is 3. The van der Waals surface area contributed by atoms with Crippen molar-refractivity contribution in [1.29, 1.82) is 0 Å². The summed E-state index contributed by atoms with van der Waals surface area (Å²) in [7, 11) is 0. The van der Waals surface area contributed by atoms with Gasteiger partial charge in [0.2, 0.25) is 11.8 Å². The van der Waals surface area contributed by atoms with Crippen molar-refractivity contribution in [1.82, 2.24) is 15.6 Å². The number of aliphatic carboxylic acids is 1. The van der Waals surface area contributed by atoms with Crippen LogP contribution in [0.1, 0.15) is 27.0 Å². The van der Waals surface area contributed by atoms with Gasteiger partial charge in [0, 0.05) is 36.0 Å². The minimum atomic E-state index is -1.22. The van der Waals surface area contributed by atoms with Crippen molar-refractivity contribution in [2.75, 3.05) is 0 Å². The molecule has 42 heavy (non-hydrogen) atoms. The predicted molar refractivity (Wildman–Crippen MR) is 162 cm³/mol. The van der Waals surface area contributed by atoms with E-state index in [4.69, 9.17) is 10.8 Å². The van der Waals surface area contributed by atoms with Gasteiger partial charge in [0.15, 0.2) is 0 Å². The molecule has 0 aliphatic rings. The Hall–Kier alpha value is -4.61. The molecule has 4 atom stereocenters. The Labute approximate surface area is 247 Å². The van der Waals surface area contributed by atoms with Gasteiger partial charge in [-0.15, -0.1) is 0 Å². The van der Waals surface area contributed by atoms with Crippen molar-refractivity contribution in [3.05, 3.63) is 107 Å². The highest BCUT2D eigenvalue weighted by atomic mass is 32.1. The Bertz CT molecular complexity index is 1560. The predicted octanol–water partition coefficient (Wildman–Crippen LogP) is 2.57. The number of aromatic amines is 1. The van der Waals surface area contributed by atoms with Crippen molar-refractivity contribution >= 4 is 47.3 Å². The molecule has 0 aliphatic carbocycles. The number of hydrogen-bond acceptors (Lipinski definition) is 6. The first-order valence-electron chi connectivity index (χ1n) is 13.3. The molecule has 3 aromatic carbocycles. The number of carboxylic acids is 2. The lowest BCUT2D eigenvalue weighted by atomic mass is 10.0. The number of carboxylic acid groups (broad SMARTS) is 2. The molecule has 0 fully saturated rings. The van der Waals surface area contributed by atoms with Crippen LogP contribution >= 0.6 is 12.6 Å². The number of para-hydroxylation sites is 1. The first-order chi connectivity index (χ1) is 20.1. The summed E-state index contributed by atoms with van der Waals surface area (Å²) in [5, 5.41) is 24.1. The molecule has 0 radical (unpaired) electrons. The molecule has 10 nitrogen and oxygen atoms in total. The van der Waals surface area contributed by atoms with Crippen molar-refractivity contribution in [3.8, 4) is 0 Å². The van der Waals surface area contributed by atoms with Crippen LogP contribution in [-0.4, -0.2) is 62.3 Å². The second kappa shape index (κ2) is 13.8. The Morgan fingerprint density at radius 1 is 0.762 bits per heavy atom. The number of H-pyrrole nitrogens is 1. The van der Waals surface area contributed by atoms with Gasteiger partial charge in [-0.3, -0.25) is 9.59 Å². The van der Waals surface area contributed by atoms with E-state index in [9.17, 15) is 24.3 Å². The summed E-state index contributed by atoms with van der Waals surface area (Å²) in [6.07, 6.45) is 2.14. The van der Waals surface area contributed by atoms with Crippen LogP contribution in [0.5, 0.6) is 0 Å². The van der Waals surface area contributed by atoms with Crippen LogP contribution in [0, 0.1) is 0 Å². The lowest BCUT2D eigenvalue weighted by Crippen LogP contribution is -2.55. The summed E-state index contributed by atoms with van der Waals surface area (Å²) in [5.41, 5.74) is 9.48. The van der Waals surface area contributed by atoms with Gasteiger partial charge >= 0.3 is 11.9 Å². The standard InChI is InChI=1S/C31H32N4O6S/c32-23(14-19-10-12-20(13-11-19)30(38)39)27(42)29(37)34-25(16-21-17-33-24-9-5-4-8-22(21)24)28(36)35-26(31(40)41)15-18-6-2-1-3-7-18/h1-13,17,23,25-27,33,42H,14-16,32H2,(H,34,37)(H,35,36)(H,38,39)(H,40,41)/t23-,25?,26?,27-/m0/s1. The van der Waals surface area contributed by atoms with E-state index in [1.807, 2.05) is 30.3 Å². The number of carbonyl (C=O) groups excluding carboxylic acids is 2. The van der Waals surface area contributed by atoms with E-state index < -0.39 is 47.1 Å². The van der Waals surface area contributed by atoms with Crippen LogP contribution < -0.4 is 16.4 Å². The van der Waals surface area contributed by atoms with Gasteiger partial charge in [-0.25, -0.2) is 9.59 Å². The average Bonchev–Trinajstić information content (AvgIpc) is 3.39. The fourth-order valence-corrected chi connectivity index (χ4v) is 4.85. The highest BCUT2D eigenvalue weighted by Crippen LogP contribution is 2.20. The van der Waals surface area contributed by atoms with E-state index in [2.05, 4.69) is 28.2 Å². The molecule has 11 heteroatoms. The van der Waals surface area contributed by atoms with E-state index in [0.717, 1.165) is 27.6 Å². The summed E-state index contributed by atoms with van der Waals surface area (Å²) >= 11 is 4.42. The number of amides is 2. The maximum Gasteiger partial charge on any atom is 0.335 e. The molecule has 4 aromatic rings. The normalized spacial score (nSPS) is 14.0. The quantitative estimate of drug-likeness (QED) is 0.118. The van der Waals surface area contributed by atoms with Crippen LogP contribution in [0.3, 0.4) is 0 Å². The zero-order valence-electron chi connectivity index (χ0n) is 22.6. The first kappa shape index (κ1) is 30.4. The first-order valence-corrected chi connectivity index (χ1v) is 13.8. The lowest BCUT2D eigenvalue weighted by Gasteiger charge is -2.25. The molecule has 1 aromatic heterocycles. The number of aromatic carboxylic acids is 1. The molecule has 0 saturated heterocycles. The summed E-state index contributed by atoms with van der Waals surface area (Å²) in [5.74, 6) is -3.50. The molecule has 4 rings (SSSR count). The molecule has 2 unspecified atom stereocenters. The summed E-state index contributed by atoms with van der Waals surface area (Å²) in [6, 6.07) is 19.5. The smallest absolute Gasteiger partial charge is 0.335 e. The van der Waals surface area contributed by atoms with Crippen LogP contribution in [0.2, 0.25) is 0 Å². The molecule has 0 spiro atoms. The Morgan fingerprint density at radius 3 is 2.05 bits per heavy atom. The fraction of sp³-hybridized carbons (Fsp3) is 0.226. The fourth-order valence-electron chi connectivity index (χ4n) is 4.67. The third kappa shape index (κ3) is 7.77. The molecule has 2 amide bonds. The molecule has 218 valence electrons. The van der Waals surface area contributed by atoms with Crippen LogP contribution in [0.15, 0.2) is 85.1 Å². The van der Waals surface area contributed by atoms with Crippen molar-refractivity contribution in [2.24, 2.45) is 5.73 Å². The molecule has 0 saturated carbocycles. The second-order valence-corrected chi connectivity index (χ2v) is 10.6. The molecular formula is C31H32N4O6S. The minimum Gasteiger partial charge on any atom is -0.480 e. The lowest BCUT2D eigenvalue weighted by molar-refractivity contribution is -0.142. The van der Waals surface area contributed by atoms with Gasteiger partial charge in [0.25, 0.3) is 0 Å². The third-order valence-corrected chi connectivity index (χ3v) is 7.59. The molecular weight excluding hydrogens is 556 g/mol. The van der Waals surface area contributed by atoms with E-state index in [1.165, 1.54) is 12.1 Å². The monoisotopic (exact) mass is 588 g/mol. The number of nitrogens with one attached hydrogen (secondary N) is 3. The highest BCUT2D eigenvalue weighted by molar-refractivity contribution is 7.81. The number of nitrogens with two attached hydrogens (primary N) is 1. The van der Waals surface area contributed by atoms with Crippen molar-refractivity contribution < 1.29 is 29.4 Å². The SMILES string of the molecule is N[C@@H](Cc1ccc(C(=O)O)cc1)[C@H](S)C(=O)NC(Cc1c[nH]c2ccccc12)C(=O)NC(Cc1ccccc1)C(=O)O. The van der Waals surface area contributed by atoms with E-state index in [0.29, 0.717) is 0 Å². The minimum absolute atomic E-state index is 0.0659. The van der Waals surface area contributed by atoms with Gasteiger partial charge in [0.1, 0.15) is 12.1 Å². The number of fused-ring (bicyclic) bond motifs is 1. The van der Waals surface area contributed by atoms with Gasteiger partial charge in [-0.2, -0.15) is 12.6 Å². The third-order valence-electron chi connectivity index (χ3n) is 6.98. The van der Waals surface area contributed by atoms with E-state index >= 15 is 0 Å². The van der Waals surface area contributed by atoms with Gasteiger partial charge in [0.05, 0.1) is 10.8 Å². The van der Waals surface area contributed by atoms with Crippen molar-refractivity contribution in [2.45, 2.75) is 42.6 Å². The van der Waals surface area contributed by atoms with Gasteiger partial charge in [-0.05, 0) is 41.3 Å². The van der Waals surface area contributed by atoms with Gasteiger partial charge in [-0.1, -0.05) is 60.7 Å². The topological polar surface area (TPSA) is 175 Å². The van der Waals surface area contributed by atoms with Crippen LogP contribution in [0.25, 0.3) is 10.9 Å². The zero-order chi connectivity index (χ0) is 30.2. The van der Waals surface area contributed by atoms with Crippen LogP contribution in [0.4, 0.5) is 0 Å². The van der Waals surface area contributed by atoms with E-state index in [1.54, 1.807) is 42.6 Å². The molecule has 7 N–H and O–H groups in total. The van der Waals surface area contributed by atoms with Crippen molar-refractivity contribution in [3.63, 3.8) is 0 Å². The van der Waals surface area contributed by atoms with E-state index in [-0.39, 0.29) is 24.8 Å².